The molecule has 7 nitrogen and oxygen atoms in total. The molecule has 2 heterocycles. The number of piperidine rings is 1. The van der Waals surface area contributed by atoms with Crippen LogP contribution in [0.2, 0.25) is 5.02 Å². The van der Waals surface area contributed by atoms with Crippen LogP contribution in [-0.4, -0.2) is 39.1 Å². The fraction of sp³-hybridized carbons (Fsp3) is 0.286. The maximum absolute atomic E-state index is 13.0. The van der Waals surface area contributed by atoms with Gasteiger partial charge in [-0.15, -0.1) is 0 Å². The Labute approximate surface area is 177 Å². The molecular weight excluding hydrogens is 411 g/mol. The Morgan fingerprint density at radius 1 is 1.23 bits per heavy atom. The molecule has 1 fully saturated rings. The zero-order valence-corrected chi connectivity index (χ0v) is 16.8. The highest BCUT2D eigenvalue weighted by molar-refractivity contribution is 6.30. The highest BCUT2D eigenvalue weighted by Crippen LogP contribution is 2.28. The Morgan fingerprint density at radius 2 is 1.97 bits per heavy atom. The van der Waals surface area contributed by atoms with Gasteiger partial charge in [0.2, 0.25) is 5.91 Å². The number of halogens is 2. The lowest BCUT2D eigenvalue weighted by molar-refractivity contribution is -0.121. The van der Waals surface area contributed by atoms with Crippen molar-refractivity contribution in [1.29, 1.82) is 0 Å². The molecule has 0 unspecified atom stereocenters. The van der Waals surface area contributed by atoms with E-state index in [2.05, 4.69) is 20.4 Å². The zero-order chi connectivity index (χ0) is 21.1. The van der Waals surface area contributed by atoms with Crippen LogP contribution in [0.25, 0.3) is 11.5 Å². The number of benzene rings is 2. The van der Waals surface area contributed by atoms with Crippen LogP contribution in [0.4, 0.5) is 10.1 Å². The molecule has 0 bridgehead atoms. The lowest BCUT2D eigenvalue weighted by Crippen LogP contribution is -2.38. The fourth-order valence-corrected chi connectivity index (χ4v) is 3.59. The molecule has 0 saturated carbocycles. The van der Waals surface area contributed by atoms with Gasteiger partial charge >= 0.3 is 0 Å². The Hall–Kier alpha value is -2.97. The molecule has 2 aromatic carbocycles. The molecule has 2 N–H and O–H groups in total. The van der Waals surface area contributed by atoms with Crippen molar-refractivity contribution in [2.45, 2.75) is 19.4 Å². The molecule has 1 aromatic heterocycles. The molecule has 0 atom stereocenters. The summed E-state index contributed by atoms with van der Waals surface area (Å²) in [4.78, 5) is 19.0. The van der Waals surface area contributed by atoms with Crippen LogP contribution in [0.1, 0.15) is 18.7 Å². The van der Waals surface area contributed by atoms with Gasteiger partial charge in [0.05, 0.1) is 12.2 Å². The minimum Gasteiger partial charge on any atom is -0.506 e. The molecule has 3 aromatic rings. The first-order valence-corrected chi connectivity index (χ1v) is 9.96. The van der Waals surface area contributed by atoms with Crippen molar-refractivity contribution < 1.29 is 18.8 Å². The van der Waals surface area contributed by atoms with Crippen LogP contribution in [0.3, 0.4) is 0 Å². The minimum absolute atomic E-state index is 0.0534. The van der Waals surface area contributed by atoms with Gasteiger partial charge in [0.25, 0.3) is 5.89 Å². The second-order valence-corrected chi connectivity index (χ2v) is 7.66. The molecular formula is C21H20ClFN4O3. The quantitative estimate of drug-likeness (QED) is 0.592. The Kier molecular flexibility index (Phi) is 5.96. The summed E-state index contributed by atoms with van der Waals surface area (Å²) >= 11 is 5.82. The van der Waals surface area contributed by atoms with Crippen molar-refractivity contribution in [2.24, 2.45) is 5.92 Å². The van der Waals surface area contributed by atoms with Gasteiger partial charge in [-0.25, -0.2) is 4.39 Å². The topological polar surface area (TPSA) is 91.5 Å². The number of hydrogen-bond donors (Lipinski definition) is 2. The predicted molar refractivity (Wildman–Crippen MR) is 109 cm³/mol. The van der Waals surface area contributed by atoms with Crippen molar-refractivity contribution in [2.75, 3.05) is 18.4 Å². The first-order valence-electron chi connectivity index (χ1n) is 9.58. The number of likely N-dealkylation sites (tertiary alicyclic amines) is 1. The summed E-state index contributed by atoms with van der Waals surface area (Å²) in [5, 5.41) is 17.1. The second kappa shape index (κ2) is 8.81. The second-order valence-electron chi connectivity index (χ2n) is 7.22. The lowest BCUT2D eigenvalue weighted by Gasteiger charge is -2.30. The number of phenols is 1. The van der Waals surface area contributed by atoms with Crippen molar-refractivity contribution in [3.05, 3.63) is 59.1 Å². The molecule has 0 radical (unpaired) electrons. The zero-order valence-electron chi connectivity index (χ0n) is 16.0. The fourth-order valence-electron chi connectivity index (χ4n) is 3.43. The molecule has 0 spiro atoms. The number of anilines is 1. The number of nitrogens with zero attached hydrogens (tertiary/aromatic N) is 3. The van der Waals surface area contributed by atoms with Gasteiger partial charge < -0.3 is 14.9 Å². The normalized spacial score (nSPS) is 15.3. The molecule has 4 rings (SSSR count). The van der Waals surface area contributed by atoms with Crippen LogP contribution in [0.15, 0.2) is 47.0 Å². The number of rotatable bonds is 5. The van der Waals surface area contributed by atoms with Gasteiger partial charge in [-0.1, -0.05) is 16.8 Å². The molecule has 156 valence electrons. The average molecular weight is 431 g/mol. The van der Waals surface area contributed by atoms with Crippen LogP contribution >= 0.6 is 11.6 Å². The number of phenolic OH excluding ortho intramolecular Hbond substituents is 1. The van der Waals surface area contributed by atoms with E-state index in [1.54, 1.807) is 24.3 Å². The Balaban J connectivity index is 1.29. The van der Waals surface area contributed by atoms with Gasteiger partial charge in [0, 0.05) is 22.6 Å². The molecule has 1 aliphatic rings. The van der Waals surface area contributed by atoms with E-state index in [0.29, 0.717) is 60.5 Å². The van der Waals surface area contributed by atoms with Crippen molar-refractivity contribution in [3.63, 3.8) is 0 Å². The van der Waals surface area contributed by atoms with Crippen LogP contribution in [0.5, 0.6) is 5.75 Å². The summed E-state index contributed by atoms with van der Waals surface area (Å²) in [6.45, 7) is 1.94. The molecule has 1 amide bonds. The van der Waals surface area contributed by atoms with Crippen LogP contribution in [0, 0.1) is 11.7 Å². The maximum atomic E-state index is 13.0. The lowest BCUT2D eigenvalue weighted by atomic mass is 9.95. The summed E-state index contributed by atoms with van der Waals surface area (Å²) in [6.07, 6.45) is 1.37. The van der Waals surface area contributed by atoms with E-state index < -0.39 is 0 Å². The third-order valence-corrected chi connectivity index (χ3v) is 5.34. The summed E-state index contributed by atoms with van der Waals surface area (Å²) < 4.78 is 18.3. The largest absolute Gasteiger partial charge is 0.506 e. The maximum Gasteiger partial charge on any atom is 0.257 e. The molecule has 9 heteroatoms. The number of carbonyl (C=O) groups is 1. The number of amides is 1. The standard InChI is InChI=1S/C21H20ClFN4O3/c22-15-3-6-17(18(28)11-15)24-20(29)13-7-9-27(10-8-13)12-19-25-21(30-26-19)14-1-4-16(23)5-2-14/h1-6,11,13,28H,7-10,12H2,(H,24,29). The highest BCUT2D eigenvalue weighted by atomic mass is 35.5. The SMILES string of the molecule is O=C(Nc1ccc(Cl)cc1O)C1CCN(Cc2noc(-c3ccc(F)cc3)n2)CC1. The van der Waals surface area contributed by atoms with Crippen molar-refractivity contribution in [1.82, 2.24) is 15.0 Å². The summed E-state index contributed by atoms with van der Waals surface area (Å²) in [7, 11) is 0. The number of aromatic hydroxyl groups is 1. The van der Waals surface area contributed by atoms with Crippen molar-refractivity contribution >= 4 is 23.2 Å². The van der Waals surface area contributed by atoms with E-state index in [1.165, 1.54) is 18.2 Å². The van der Waals surface area contributed by atoms with Crippen LogP contribution < -0.4 is 5.32 Å². The Bertz CT molecular complexity index is 1030. The number of aromatic nitrogens is 2. The van der Waals surface area contributed by atoms with E-state index in [9.17, 15) is 14.3 Å². The summed E-state index contributed by atoms with van der Waals surface area (Å²) in [5.74, 6) is 0.256. The van der Waals surface area contributed by atoms with Gasteiger partial charge in [-0.2, -0.15) is 4.98 Å². The number of hydrogen-bond acceptors (Lipinski definition) is 6. The van der Waals surface area contributed by atoms with E-state index in [4.69, 9.17) is 16.1 Å². The minimum atomic E-state index is -0.323. The third kappa shape index (κ3) is 4.77. The van der Waals surface area contributed by atoms with Gasteiger partial charge in [0.1, 0.15) is 11.6 Å². The monoisotopic (exact) mass is 430 g/mol. The average Bonchev–Trinajstić information content (AvgIpc) is 3.19. The predicted octanol–water partition coefficient (Wildman–Crippen LogP) is 4.09. The number of nitrogens with one attached hydrogen (secondary N) is 1. The summed E-state index contributed by atoms with van der Waals surface area (Å²) in [5.41, 5.74) is 1.02. The third-order valence-electron chi connectivity index (χ3n) is 5.10. The molecule has 1 aliphatic heterocycles. The van der Waals surface area contributed by atoms with Gasteiger partial charge in [0.15, 0.2) is 5.82 Å². The van der Waals surface area contributed by atoms with Crippen LogP contribution in [-0.2, 0) is 11.3 Å². The van der Waals surface area contributed by atoms with Gasteiger partial charge in [-0.3, -0.25) is 9.69 Å². The first kappa shape index (κ1) is 20.3. The van der Waals surface area contributed by atoms with Gasteiger partial charge in [-0.05, 0) is 62.3 Å². The smallest absolute Gasteiger partial charge is 0.257 e. The highest BCUT2D eigenvalue weighted by Gasteiger charge is 2.26. The molecule has 0 aliphatic carbocycles. The number of carbonyl (C=O) groups excluding carboxylic acids is 1. The Morgan fingerprint density at radius 3 is 2.67 bits per heavy atom. The summed E-state index contributed by atoms with van der Waals surface area (Å²) in [6, 6.07) is 10.5. The van der Waals surface area contributed by atoms with Crippen molar-refractivity contribution in [3.8, 4) is 17.2 Å². The molecule has 1 saturated heterocycles. The van der Waals surface area contributed by atoms with E-state index >= 15 is 0 Å². The van der Waals surface area contributed by atoms with E-state index in [-0.39, 0.29) is 23.4 Å². The van der Waals surface area contributed by atoms with E-state index in [0.717, 1.165) is 0 Å². The van der Waals surface area contributed by atoms with E-state index in [1.807, 2.05) is 0 Å². The molecule has 30 heavy (non-hydrogen) atoms. The first-order chi connectivity index (χ1) is 14.5.